The summed E-state index contributed by atoms with van der Waals surface area (Å²) in [6, 6.07) is 8.10. The summed E-state index contributed by atoms with van der Waals surface area (Å²) in [6.07, 6.45) is 1.37. The number of methoxy groups -OCH3 is 1. The first-order valence-electron chi connectivity index (χ1n) is 9.21. The Hall–Kier alpha value is -3.57. The summed E-state index contributed by atoms with van der Waals surface area (Å²) in [5.74, 6) is -2.77. The van der Waals surface area contributed by atoms with Crippen LogP contribution in [0.3, 0.4) is 0 Å². The van der Waals surface area contributed by atoms with E-state index in [-0.39, 0.29) is 21.4 Å². The molecule has 1 saturated heterocycles. The van der Waals surface area contributed by atoms with Gasteiger partial charge in [-0.1, -0.05) is 11.6 Å². The smallest absolute Gasteiger partial charge is 0.323 e. The van der Waals surface area contributed by atoms with Crippen molar-refractivity contribution in [1.82, 2.24) is 4.90 Å². The quantitative estimate of drug-likeness (QED) is 0.533. The number of carbonyl (C=O) groups excluding carboxylic acids is 3. The Labute approximate surface area is 196 Å². The molecule has 0 radical (unpaired) electrons. The minimum absolute atomic E-state index is 0.0201. The number of benzene rings is 2. The summed E-state index contributed by atoms with van der Waals surface area (Å²) in [5, 5.41) is 10.8. The fourth-order valence-electron chi connectivity index (χ4n) is 2.75. The molecule has 0 unspecified atom stereocenters. The maximum Gasteiger partial charge on any atom is 0.323 e. The number of hydrogen-bond donors (Lipinski definition) is 2. The second kappa shape index (κ2) is 10.4. The molecule has 0 aromatic heterocycles. The summed E-state index contributed by atoms with van der Waals surface area (Å²) >= 11 is 6.87. The molecule has 2 N–H and O–H groups in total. The van der Waals surface area contributed by atoms with Gasteiger partial charge in [-0.05, 0) is 59.8 Å². The van der Waals surface area contributed by atoms with Gasteiger partial charge in [0.2, 0.25) is 0 Å². The van der Waals surface area contributed by atoms with Crippen LogP contribution in [0.25, 0.3) is 6.08 Å². The van der Waals surface area contributed by atoms with Gasteiger partial charge in [-0.3, -0.25) is 24.1 Å². The van der Waals surface area contributed by atoms with Gasteiger partial charge in [-0.25, -0.2) is 4.39 Å². The van der Waals surface area contributed by atoms with E-state index in [1.54, 1.807) is 0 Å². The predicted octanol–water partition coefficient (Wildman–Crippen LogP) is 3.63. The Morgan fingerprint density at radius 2 is 1.94 bits per heavy atom. The number of nitrogens with one attached hydrogen (secondary N) is 1. The molecular formula is C21H16ClFN2O7S. The molecule has 9 nitrogen and oxygen atoms in total. The summed E-state index contributed by atoms with van der Waals surface area (Å²) < 4.78 is 23.7. The molecule has 0 spiro atoms. The average Bonchev–Trinajstić information content (AvgIpc) is 3.01. The molecule has 1 aliphatic heterocycles. The van der Waals surface area contributed by atoms with E-state index in [1.807, 2.05) is 0 Å². The Bertz CT molecular complexity index is 1150. The molecular weight excluding hydrogens is 479 g/mol. The second-order valence-electron chi connectivity index (χ2n) is 6.54. The number of thioether (sulfide) groups is 1. The standard InChI is InChI=1S/C21H16ClFN2O7S/c1-31-15-7-11(8-16-20(29)25(9-18(27)28)21(30)33-16)6-14(22)19(15)32-10-17(26)24-13-4-2-12(23)3-5-13/h2-8H,9-10H2,1H3,(H,24,26)(H,27,28)/b16-8+. The second-order valence-corrected chi connectivity index (χ2v) is 7.94. The van der Waals surface area contributed by atoms with E-state index < -0.39 is 42.0 Å². The summed E-state index contributed by atoms with van der Waals surface area (Å²) in [7, 11) is 1.35. The predicted molar refractivity (Wildman–Crippen MR) is 119 cm³/mol. The number of ether oxygens (including phenoxy) is 2. The van der Waals surface area contributed by atoms with Crippen LogP contribution in [0.5, 0.6) is 11.5 Å². The van der Waals surface area contributed by atoms with Crippen molar-refractivity contribution in [2.75, 3.05) is 25.6 Å². The number of carboxylic acids is 1. The topological polar surface area (TPSA) is 122 Å². The van der Waals surface area contributed by atoms with Gasteiger partial charge in [0.05, 0.1) is 17.0 Å². The van der Waals surface area contributed by atoms with Crippen LogP contribution in [-0.4, -0.2) is 53.3 Å². The molecule has 3 rings (SSSR count). The molecule has 0 aliphatic carbocycles. The lowest BCUT2D eigenvalue weighted by Gasteiger charge is -2.13. The van der Waals surface area contributed by atoms with Crippen molar-refractivity contribution < 1.29 is 38.1 Å². The average molecular weight is 495 g/mol. The number of imide groups is 1. The molecule has 172 valence electrons. The third-order valence-electron chi connectivity index (χ3n) is 4.19. The van der Waals surface area contributed by atoms with Crippen molar-refractivity contribution in [3.05, 3.63) is 57.7 Å². The Morgan fingerprint density at radius 3 is 2.58 bits per heavy atom. The number of rotatable bonds is 8. The van der Waals surface area contributed by atoms with Gasteiger partial charge in [0, 0.05) is 5.69 Å². The zero-order chi connectivity index (χ0) is 24.1. The van der Waals surface area contributed by atoms with Crippen LogP contribution in [0.1, 0.15) is 5.56 Å². The molecule has 2 aromatic rings. The first kappa shape index (κ1) is 24.1. The number of hydrogen-bond acceptors (Lipinski definition) is 7. The van der Waals surface area contributed by atoms with E-state index in [2.05, 4.69) is 5.32 Å². The van der Waals surface area contributed by atoms with E-state index in [9.17, 15) is 23.6 Å². The lowest BCUT2D eigenvalue weighted by atomic mass is 10.1. The van der Waals surface area contributed by atoms with E-state index in [1.165, 1.54) is 49.6 Å². The minimum atomic E-state index is -1.31. The van der Waals surface area contributed by atoms with E-state index >= 15 is 0 Å². The molecule has 0 atom stereocenters. The molecule has 3 amide bonds. The summed E-state index contributed by atoms with van der Waals surface area (Å²) in [6.45, 7) is -1.15. The lowest BCUT2D eigenvalue weighted by molar-refractivity contribution is -0.140. The zero-order valence-electron chi connectivity index (χ0n) is 17.0. The first-order chi connectivity index (χ1) is 15.7. The Morgan fingerprint density at radius 1 is 1.24 bits per heavy atom. The van der Waals surface area contributed by atoms with Gasteiger partial charge in [0.25, 0.3) is 17.1 Å². The molecule has 12 heteroatoms. The molecule has 1 heterocycles. The highest BCUT2D eigenvalue weighted by Gasteiger charge is 2.36. The van der Waals surface area contributed by atoms with Gasteiger partial charge in [0.1, 0.15) is 12.4 Å². The molecule has 33 heavy (non-hydrogen) atoms. The zero-order valence-corrected chi connectivity index (χ0v) is 18.5. The maximum atomic E-state index is 13.0. The SMILES string of the molecule is COc1cc(/C=C2/SC(=O)N(CC(=O)O)C2=O)cc(Cl)c1OCC(=O)Nc1ccc(F)cc1. The van der Waals surface area contributed by atoms with Gasteiger partial charge in [0.15, 0.2) is 18.1 Å². The highest BCUT2D eigenvalue weighted by Crippen LogP contribution is 2.39. The Kier molecular flexibility index (Phi) is 7.56. The van der Waals surface area contributed by atoms with Crippen molar-refractivity contribution in [1.29, 1.82) is 0 Å². The number of halogens is 2. The molecule has 1 aliphatic rings. The first-order valence-corrected chi connectivity index (χ1v) is 10.4. The summed E-state index contributed by atoms with van der Waals surface area (Å²) in [5.41, 5.74) is 0.774. The molecule has 2 aromatic carbocycles. The largest absolute Gasteiger partial charge is 0.493 e. The van der Waals surface area contributed by atoms with Crippen molar-refractivity contribution >= 4 is 58.1 Å². The van der Waals surface area contributed by atoms with Crippen LogP contribution < -0.4 is 14.8 Å². The van der Waals surface area contributed by atoms with E-state index in [0.717, 1.165) is 0 Å². The van der Waals surface area contributed by atoms with Crippen LogP contribution >= 0.6 is 23.4 Å². The highest BCUT2D eigenvalue weighted by molar-refractivity contribution is 8.18. The highest BCUT2D eigenvalue weighted by atomic mass is 35.5. The van der Waals surface area contributed by atoms with Crippen LogP contribution in [0, 0.1) is 5.82 Å². The van der Waals surface area contributed by atoms with Crippen LogP contribution in [0.4, 0.5) is 14.9 Å². The lowest BCUT2D eigenvalue weighted by Crippen LogP contribution is -2.33. The number of aliphatic carboxylic acids is 1. The number of anilines is 1. The van der Waals surface area contributed by atoms with Crippen molar-refractivity contribution in [2.45, 2.75) is 0 Å². The van der Waals surface area contributed by atoms with E-state index in [0.29, 0.717) is 27.9 Å². The number of nitrogens with zero attached hydrogens (tertiary/aromatic N) is 1. The van der Waals surface area contributed by atoms with Crippen LogP contribution in [-0.2, 0) is 14.4 Å². The number of carboxylic acid groups (broad SMARTS) is 1. The normalized spacial score (nSPS) is 14.5. The van der Waals surface area contributed by atoms with Gasteiger partial charge in [-0.2, -0.15) is 0 Å². The van der Waals surface area contributed by atoms with Crippen LogP contribution in [0.2, 0.25) is 5.02 Å². The monoisotopic (exact) mass is 494 g/mol. The fourth-order valence-corrected chi connectivity index (χ4v) is 3.87. The number of carbonyl (C=O) groups is 4. The molecule has 1 fully saturated rings. The minimum Gasteiger partial charge on any atom is -0.493 e. The third-order valence-corrected chi connectivity index (χ3v) is 5.38. The summed E-state index contributed by atoms with van der Waals surface area (Å²) in [4.78, 5) is 47.8. The molecule has 0 bridgehead atoms. The van der Waals surface area contributed by atoms with Crippen molar-refractivity contribution in [3.8, 4) is 11.5 Å². The van der Waals surface area contributed by atoms with Gasteiger partial charge < -0.3 is 19.9 Å². The van der Waals surface area contributed by atoms with Gasteiger partial charge >= 0.3 is 5.97 Å². The maximum absolute atomic E-state index is 13.0. The third kappa shape index (κ3) is 6.02. The van der Waals surface area contributed by atoms with E-state index in [4.69, 9.17) is 26.2 Å². The Balaban J connectivity index is 1.73. The van der Waals surface area contributed by atoms with Crippen molar-refractivity contribution in [3.63, 3.8) is 0 Å². The van der Waals surface area contributed by atoms with Crippen molar-refractivity contribution in [2.24, 2.45) is 0 Å². The van der Waals surface area contributed by atoms with Gasteiger partial charge in [-0.15, -0.1) is 0 Å². The molecule has 0 saturated carbocycles. The number of amides is 3. The van der Waals surface area contributed by atoms with Crippen LogP contribution in [0.15, 0.2) is 41.3 Å². The fraction of sp³-hybridized carbons (Fsp3) is 0.143.